The van der Waals surface area contributed by atoms with E-state index in [4.69, 9.17) is 18.5 Å². The van der Waals surface area contributed by atoms with E-state index >= 15 is 0 Å². The summed E-state index contributed by atoms with van der Waals surface area (Å²) < 4.78 is 34.3. The highest BCUT2D eigenvalue weighted by Crippen LogP contribution is 2.47. The van der Waals surface area contributed by atoms with Gasteiger partial charge in [-0.15, -0.1) is 0 Å². The molecular weight excluding hydrogens is 884 g/mol. The van der Waals surface area contributed by atoms with Gasteiger partial charge in [-0.3, -0.25) is 13.8 Å². The number of phosphoric ester groups is 1. The Hall–Kier alpha value is -2.74. The summed E-state index contributed by atoms with van der Waals surface area (Å²) in [6.45, 7) is 4.08. The van der Waals surface area contributed by atoms with Crippen molar-refractivity contribution in [3.63, 3.8) is 0 Å². The summed E-state index contributed by atoms with van der Waals surface area (Å²) in [5.41, 5.74) is 0. The van der Waals surface area contributed by atoms with Crippen LogP contribution in [-0.2, 0) is 27.9 Å². The molecule has 0 heterocycles. The number of hydrogen-bond acceptors (Lipinski definition) is 11. The number of rotatable bonds is 43. The summed E-state index contributed by atoms with van der Waals surface area (Å²) in [7, 11) is -5.04. The van der Waals surface area contributed by atoms with E-state index < -0.39 is 63.1 Å². The fourth-order valence-electron chi connectivity index (χ4n) is 7.33. The van der Waals surface area contributed by atoms with Crippen molar-refractivity contribution in [2.75, 3.05) is 19.8 Å². The van der Waals surface area contributed by atoms with Crippen molar-refractivity contribution in [1.82, 2.24) is 0 Å². The first-order chi connectivity index (χ1) is 33.0. The largest absolute Gasteiger partial charge is 0.472 e. The number of aliphatic hydroxyl groups is 5. The maximum atomic E-state index is 12.9. The van der Waals surface area contributed by atoms with E-state index in [1.807, 2.05) is 0 Å². The molecule has 0 amide bonds. The zero-order valence-corrected chi connectivity index (χ0v) is 42.8. The minimum Gasteiger partial charge on any atom is -0.457 e. The van der Waals surface area contributed by atoms with Crippen LogP contribution in [-0.4, -0.2) is 98.9 Å². The Morgan fingerprint density at radius 3 is 1.32 bits per heavy atom. The van der Waals surface area contributed by atoms with Crippen LogP contribution in [0.5, 0.6) is 0 Å². The molecule has 0 radical (unpaired) electrons. The molecule has 6 unspecified atom stereocenters. The lowest BCUT2D eigenvalue weighted by Gasteiger charge is -2.41. The Morgan fingerprint density at radius 1 is 0.485 bits per heavy atom. The third kappa shape index (κ3) is 35.4. The molecule has 0 aromatic heterocycles. The summed E-state index contributed by atoms with van der Waals surface area (Å²) in [6, 6.07) is 0. The summed E-state index contributed by atoms with van der Waals surface area (Å²) in [6.07, 6.45) is 48.9. The smallest absolute Gasteiger partial charge is 0.457 e. The van der Waals surface area contributed by atoms with Crippen molar-refractivity contribution < 1.29 is 58.3 Å². The molecule has 0 spiro atoms. The minimum atomic E-state index is -5.04. The molecule has 0 bridgehead atoms. The van der Waals surface area contributed by atoms with Gasteiger partial charge in [0.1, 0.15) is 42.7 Å². The van der Waals surface area contributed by atoms with Crippen LogP contribution in [0.1, 0.15) is 181 Å². The molecule has 390 valence electrons. The molecule has 13 heteroatoms. The molecular formula is C55H93O12P. The average Bonchev–Trinajstić information content (AvgIpc) is 3.32. The van der Waals surface area contributed by atoms with Crippen molar-refractivity contribution in [3.05, 3.63) is 97.2 Å². The Kier molecular flexibility index (Phi) is 41.1. The number of carbonyl (C=O) groups excluding carboxylic acids is 1. The SMILES string of the molecule is CC/C=C\C/C=C\C/C=C\C/C=C\C/C=C\C/C=C\CCCCCCC(=O)OC(COCCCCCCCCCC/C=C\C/C=C\CCCCC)COP(=O)(O)OC1C(O)C(O)C(O)C(O)C1O. The first-order valence-electron chi connectivity index (χ1n) is 26.1. The minimum absolute atomic E-state index is 0.0975. The summed E-state index contributed by atoms with van der Waals surface area (Å²) in [5.74, 6) is -0.507. The maximum Gasteiger partial charge on any atom is 0.472 e. The number of carbonyl (C=O) groups is 1. The van der Waals surface area contributed by atoms with Crippen LogP contribution in [0, 0.1) is 0 Å². The lowest BCUT2D eigenvalue weighted by Crippen LogP contribution is -2.64. The molecule has 1 fully saturated rings. The predicted octanol–water partition coefficient (Wildman–Crippen LogP) is 11.9. The van der Waals surface area contributed by atoms with Gasteiger partial charge in [0.2, 0.25) is 0 Å². The number of aliphatic hydroxyl groups excluding tert-OH is 5. The van der Waals surface area contributed by atoms with E-state index in [9.17, 15) is 39.8 Å². The summed E-state index contributed by atoms with van der Waals surface area (Å²) >= 11 is 0. The van der Waals surface area contributed by atoms with Crippen LogP contribution in [0.15, 0.2) is 97.2 Å². The fourth-order valence-corrected chi connectivity index (χ4v) is 8.30. The van der Waals surface area contributed by atoms with Gasteiger partial charge >= 0.3 is 13.8 Å². The standard InChI is InChI=1S/C55H93O12P/c1-3-5-7-9-11-13-15-17-19-21-23-24-25-26-27-28-30-32-34-36-38-40-42-44-49(56)66-48(47-65-68(62,63)67-55-53(60)51(58)50(57)52(59)54(55)61)46-64-45-43-41-39-37-35-33-31-29-22-20-18-16-14-12-10-8-6-4-2/h5,7,11-14,17-20,23-24,26-27,30,32,48,50-55,57-61H,3-4,6,8-10,15-16,21-22,25,28-29,31,33-47H2,1-2H3,(H,62,63)/b7-5-,13-11-,14-12-,19-17-,20-18-,24-23-,27-26-,32-30-. The number of ether oxygens (including phenoxy) is 2. The molecule has 6 atom stereocenters. The average molecular weight is 977 g/mol. The van der Waals surface area contributed by atoms with E-state index in [0.717, 1.165) is 103 Å². The second kappa shape index (κ2) is 44.2. The lowest BCUT2D eigenvalue weighted by atomic mass is 9.85. The van der Waals surface area contributed by atoms with E-state index in [1.165, 1.54) is 51.4 Å². The van der Waals surface area contributed by atoms with Gasteiger partial charge in [0.15, 0.2) is 0 Å². The highest BCUT2D eigenvalue weighted by molar-refractivity contribution is 7.47. The first-order valence-corrected chi connectivity index (χ1v) is 27.6. The van der Waals surface area contributed by atoms with E-state index in [1.54, 1.807) is 0 Å². The fraction of sp³-hybridized carbons (Fsp3) is 0.691. The normalized spacial score (nSPS) is 21.9. The maximum absolute atomic E-state index is 12.9. The van der Waals surface area contributed by atoms with Gasteiger partial charge in [-0.25, -0.2) is 4.57 Å². The predicted molar refractivity (Wildman–Crippen MR) is 276 cm³/mol. The van der Waals surface area contributed by atoms with Crippen molar-refractivity contribution >= 4 is 13.8 Å². The zero-order chi connectivity index (χ0) is 49.8. The van der Waals surface area contributed by atoms with E-state index in [-0.39, 0.29) is 13.0 Å². The van der Waals surface area contributed by atoms with Gasteiger partial charge in [0, 0.05) is 13.0 Å². The number of esters is 1. The Bertz CT molecular complexity index is 1490. The molecule has 1 aliphatic rings. The van der Waals surface area contributed by atoms with Gasteiger partial charge in [-0.05, 0) is 96.3 Å². The second-order valence-electron chi connectivity index (χ2n) is 17.6. The third-order valence-electron chi connectivity index (χ3n) is 11.4. The van der Waals surface area contributed by atoms with Gasteiger partial charge in [-0.2, -0.15) is 0 Å². The molecule has 1 rings (SSSR count). The molecule has 6 N–H and O–H groups in total. The van der Waals surface area contributed by atoms with Crippen molar-refractivity contribution in [2.24, 2.45) is 0 Å². The molecule has 1 saturated carbocycles. The topological polar surface area (TPSA) is 192 Å². The van der Waals surface area contributed by atoms with Crippen molar-refractivity contribution in [2.45, 2.75) is 224 Å². The van der Waals surface area contributed by atoms with Gasteiger partial charge < -0.3 is 39.9 Å². The van der Waals surface area contributed by atoms with E-state index in [2.05, 4.69) is 111 Å². The third-order valence-corrected chi connectivity index (χ3v) is 12.4. The van der Waals surface area contributed by atoms with Crippen LogP contribution in [0.3, 0.4) is 0 Å². The highest BCUT2D eigenvalue weighted by atomic mass is 31.2. The van der Waals surface area contributed by atoms with Gasteiger partial charge in [0.25, 0.3) is 0 Å². The van der Waals surface area contributed by atoms with Gasteiger partial charge in [-0.1, -0.05) is 175 Å². The molecule has 0 aromatic rings. The number of hydrogen-bond donors (Lipinski definition) is 6. The highest BCUT2D eigenvalue weighted by Gasteiger charge is 2.51. The van der Waals surface area contributed by atoms with E-state index in [0.29, 0.717) is 13.0 Å². The Balaban J connectivity index is 2.38. The summed E-state index contributed by atoms with van der Waals surface area (Å²) in [4.78, 5) is 23.3. The van der Waals surface area contributed by atoms with Crippen LogP contribution >= 0.6 is 7.82 Å². The van der Waals surface area contributed by atoms with Crippen LogP contribution in [0.25, 0.3) is 0 Å². The molecule has 1 aliphatic carbocycles. The van der Waals surface area contributed by atoms with Gasteiger partial charge in [0.05, 0.1) is 13.2 Å². The lowest BCUT2D eigenvalue weighted by molar-refractivity contribution is -0.220. The quantitative estimate of drug-likeness (QED) is 0.0147. The number of phosphoric acid groups is 1. The monoisotopic (exact) mass is 977 g/mol. The molecule has 0 saturated heterocycles. The molecule has 68 heavy (non-hydrogen) atoms. The number of unbranched alkanes of at least 4 members (excludes halogenated alkanes) is 15. The molecule has 0 aromatic carbocycles. The zero-order valence-electron chi connectivity index (χ0n) is 41.9. The van der Waals surface area contributed by atoms with Crippen LogP contribution in [0.4, 0.5) is 0 Å². The molecule has 0 aliphatic heterocycles. The Labute approximate surface area is 411 Å². The molecule has 12 nitrogen and oxygen atoms in total. The second-order valence-corrected chi connectivity index (χ2v) is 19.0. The number of allylic oxidation sites excluding steroid dienone is 16. The summed E-state index contributed by atoms with van der Waals surface area (Å²) in [5, 5.41) is 50.3. The Morgan fingerprint density at radius 2 is 0.868 bits per heavy atom. The van der Waals surface area contributed by atoms with Crippen molar-refractivity contribution in [1.29, 1.82) is 0 Å². The first kappa shape index (κ1) is 63.3. The van der Waals surface area contributed by atoms with Crippen molar-refractivity contribution in [3.8, 4) is 0 Å². The van der Waals surface area contributed by atoms with Crippen LogP contribution < -0.4 is 0 Å². The van der Waals surface area contributed by atoms with Crippen LogP contribution in [0.2, 0.25) is 0 Å².